The number of carbonyl (C=O) groups excluding carboxylic acids is 2. The Morgan fingerprint density at radius 1 is 1.22 bits per heavy atom. The number of rotatable bonds is 8. The van der Waals surface area contributed by atoms with Gasteiger partial charge in [0.1, 0.15) is 11.8 Å². The number of amides is 1. The normalized spacial score (nSPS) is 21.9. The maximum atomic E-state index is 12.6. The molecule has 1 aromatic rings. The fraction of sp³-hybridized carbons (Fsp3) is 0.750. The van der Waals surface area contributed by atoms with E-state index >= 15 is 0 Å². The highest BCUT2D eigenvalue weighted by atomic mass is 16.6. The molecule has 1 aliphatic heterocycles. The fourth-order valence-electron chi connectivity index (χ4n) is 4.85. The smallest absolute Gasteiger partial charge is 0.410 e. The van der Waals surface area contributed by atoms with Gasteiger partial charge in [0.2, 0.25) is 0 Å². The third-order valence-electron chi connectivity index (χ3n) is 7.23. The summed E-state index contributed by atoms with van der Waals surface area (Å²) in [6, 6.07) is 0. The summed E-state index contributed by atoms with van der Waals surface area (Å²) in [5, 5.41) is 5.00. The quantitative estimate of drug-likeness (QED) is 0.454. The van der Waals surface area contributed by atoms with Crippen molar-refractivity contribution in [1.29, 1.82) is 0 Å². The first kappa shape index (κ1) is 29.2. The van der Waals surface area contributed by atoms with E-state index in [1.54, 1.807) is 11.9 Å². The summed E-state index contributed by atoms with van der Waals surface area (Å²) in [7, 11) is 5.24. The Morgan fingerprint density at radius 2 is 1.95 bits per heavy atom. The number of ether oxygens (including phenoxy) is 3. The van der Waals surface area contributed by atoms with Crippen LogP contribution in [0.25, 0.3) is 5.57 Å². The van der Waals surface area contributed by atoms with Crippen LogP contribution in [-0.4, -0.2) is 78.1 Å². The summed E-state index contributed by atoms with van der Waals surface area (Å²) in [5.74, 6) is -0.522. The molecule has 0 bridgehead atoms. The summed E-state index contributed by atoms with van der Waals surface area (Å²) in [4.78, 5) is 28.7. The molecule has 2 atom stereocenters. The van der Waals surface area contributed by atoms with Crippen LogP contribution < -0.4 is 0 Å². The Balaban J connectivity index is 1.80. The zero-order valence-electron chi connectivity index (χ0n) is 24.0. The highest BCUT2D eigenvalue weighted by Crippen LogP contribution is 2.43. The second-order valence-corrected chi connectivity index (χ2v) is 12.1. The zero-order valence-corrected chi connectivity index (χ0v) is 24.0. The number of carbonyl (C=O) groups is 2. The van der Waals surface area contributed by atoms with Crippen LogP contribution in [0.1, 0.15) is 84.2 Å². The van der Waals surface area contributed by atoms with Gasteiger partial charge >= 0.3 is 12.1 Å². The Kier molecular flexibility index (Phi) is 9.45. The summed E-state index contributed by atoms with van der Waals surface area (Å²) in [6.45, 7) is 12.5. The van der Waals surface area contributed by atoms with E-state index < -0.39 is 5.60 Å². The van der Waals surface area contributed by atoms with Crippen LogP contribution in [0.3, 0.4) is 0 Å². The molecule has 0 N–H and O–H groups in total. The standard InChI is InChI=1S/C28H46N4O5/c1-27(2,3)37-26(34)31(7)15-14-30(6)18-21-19-32(23-11-9-10-16-36-23)29-24(21)20-12-13-28(4,5)22(17-20)25(33)35-8/h17,19,22-23H,9-16,18H2,1-8H3/t22-,23?/m0/s1. The number of esters is 1. The van der Waals surface area contributed by atoms with Crippen molar-refractivity contribution in [3.05, 3.63) is 23.5 Å². The number of aromatic nitrogens is 2. The number of hydrogen-bond acceptors (Lipinski definition) is 7. The molecule has 1 aliphatic carbocycles. The third-order valence-corrected chi connectivity index (χ3v) is 7.23. The molecule has 0 aromatic carbocycles. The molecule has 2 heterocycles. The molecule has 2 aliphatic rings. The van der Waals surface area contributed by atoms with Crippen molar-refractivity contribution in [1.82, 2.24) is 19.6 Å². The molecule has 1 aromatic heterocycles. The van der Waals surface area contributed by atoms with Crippen LogP contribution >= 0.6 is 0 Å². The first-order valence-electron chi connectivity index (χ1n) is 13.4. The molecule has 1 fully saturated rings. The van der Waals surface area contributed by atoms with Gasteiger partial charge in [0.25, 0.3) is 0 Å². The number of allylic oxidation sites excluding steroid dienone is 1. The van der Waals surface area contributed by atoms with Gasteiger partial charge in [-0.15, -0.1) is 0 Å². The molecule has 1 saturated heterocycles. The molecular weight excluding hydrogens is 472 g/mol. The lowest BCUT2D eigenvalue weighted by Gasteiger charge is -2.35. The minimum Gasteiger partial charge on any atom is -0.469 e. The van der Waals surface area contributed by atoms with Crippen molar-refractivity contribution in [3.8, 4) is 0 Å². The molecule has 0 radical (unpaired) electrons. The third kappa shape index (κ3) is 7.80. The van der Waals surface area contributed by atoms with Crippen molar-refractivity contribution >= 4 is 17.6 Å². The molecule has 37 heavy (non-hydrogen) atoms. The topological polar surface area (TPSA) is 86.1 Å². The van der Waals surface area contributed by atoms with E-state index in [9.17, 15) is 9.59 Å². The summed E-state index contributed by atoms with van der Waals surface area (Å²) >= 11 is 0. The van der Waals surface area contributed by atoms with Gasteiger partial charge in [-0.1, -0.05) is 19.9 Å². The second-order valence-electron chi connectivity index (χ2n) is 12.1. The van der Waals surface area contributed by atoms with Gasteiger partial charge in [-0.25, -0.2) is 9.48 Å². The van der Waals surface area contributed by atoms with E-state index in [0.29, 0.717) is 19.6 Å². The van der Waals surface area contributed by atoms with Crippen LogP contribution in [0, 0.1) is 11.3 Å². The van der Waals surface area contributed by atoms with Crippen LogP contribution in [0.4, 0.5) is 4.79 Å². The van der Waals surface area contributed by atoms with Crippen molar-refractivity contribution in [3.63, 3.8) is 0 Å². The predicted molar refractivity (Wildman–Crippen MR) is 143 cm³/mol. The van der Waals surface area contributed by atoms with Crippen molar-refractivity contribution in [2.24, 2.45) is 11.3 Å². The van der Waals surface area contributed by atoms with Gasteiger partial charge < -0.3 is 24.0 Å². The van der Waals surface area contributed by atoms with Crippen molar-refractivity contribution < 1.29 is 23.8 Å². The van der Waals surface area contributed by atoms with Gasteiger partial charge in [-0.3, -0.25) is 4.79 Å². The second kappa shape index (κ2) is 12.0. The monoisotopic (exact) mass is 518 g/mol. The first-order valence-corrected chi connectivity index (χ1v) is 13.4. The predicted octanol–water partition coefficient (Wildman–Crippen LogP) is 4.87. The van der Waals surface area contributed by atoms with Gasteiger partial charge in [-0.05, 0) is 70.9 Å². The highest BCUT2D eigenvalue weighted by molar-refractivity contribution is 5.80. The summed E-state index contributed by atoms with van der Waals surface area (Å²) in [6.07, 6.45) is 8.61. The Bertz CT molecular complexity index is 972. The largest absolute Gasteiger partial charge is 0.469 e. The zero-order chi connectivity index (χ0) is 27.4. The average molecular weight is 519 g/mol. The molecule has 9 heteroatoms. The lowest BCUT2D eigenvalue weighted by Crippen LogP contribution is -2.38. The molecule has 208 valence electrons. The number of methoxy groups -OCH3 is 1. The van der Waals surface area contributed by atoms with Crippen LogP contribution in [-0.2, 0) is 25.5 Å². The lowest BCUT2D eigenvalue weighted by molar-refractivity contribution is -0.147. The van der Waals surface area contributed by atoms with Crippen LogP contribution in [0.5, 0.6) is 0 Å². The first-order chi connectivity index (χ1) is 17.3. The highest BCUT2D eigenvalue weighted by Gasteiger charge is 2.38. The summed E-state index contributed by atoms with van der Waals surface area (Å²) in [5.41, 5.74) is 2.40. The van der Waals surface area contributed by atoms with Crippen LogP contribution in [0.2, 0.25) is 0 Å². The Morgan fingerprint density at radius 3 is 2.57 bits per heavy atom. The van der Waals surface area contributed by atoms with Crippen molar-refractivity contribution in [2.75, 3.05) is 40.9 Å². The van der Waals surface area contributed by atoms with E-state index in [2.05, 4.69) is 31.0 Å². The van der Waals surface area contributed by atoms with E-state index in [-0.39, 0.29) is 29.6 Å². The molecule has 0 saturated carbocycles. The molecule has 9 nitrogen and oxygen atoms in total. The van der Waals surface area contributed by atoms with Gasteiger partial charge in [-0.2, -0.15) is 5.10 Å². The maximum Gasteiger partial charge on any atom is 0.410 e. The van der Waals surface area contributed by atoms with E-state index in [1.807, 2.05) is 32.5 Å². The number of nitrogens with zero attached hydrogens (tertiary/aromatic N) is 4. The SMILES string of the molecule is COC(=O)[C@@H]1C=C(c2nn(C3CCCCO3)cc2CN(C)CCN(C)C(=O)OC(C)(C)C)CCC1(C)C. The summed E-state index contributed by atoms with van der Waals surface area (Å²) < 4.78 is 18.6. The lowest BCUT2D eigenvalue weighted by atomic mass is 9.69. The number of hydrogen-bond donors (Lipinski definition) is 0. The maximum absolute atomic E-state index is 12.6. The molecule has 3 rings (SSSR count). The van der Waals surface area contributed by atoms with Crippen LogP contribution in [0.15, 0.2) is 12.3 Å². The molecule has 1 amide bonds. The van der Waals surface area contributed by atoms with Crippen molar-refractivity contribution in [2.45, 2.75) is 85.1 Å². The fourth-order valence-corrected chi connectivity index (χ4v) is 4.85. The minimum atomic E-state index is -0.522. The molecule has 1 unspecified atom stereocenters. The van der Waals surface area contributed by atoms with E-state index in [4.69, 9.17) is 19.3 Å². The van der Waals surface area contributed by atoms with E-state index in [0.717, 1.165) is 55.5 Å². The minimum absolute atomic E-state index is 0.0677. The Labute approximate surface area is 222 Å². The molecular formula is C28H46N4O5. The molecule has 0 spiro atoms. The van der Waals surface area contributed by atoms with Gasteiger partial charge in [0.05, 0.1) is 18.7 Å². The van der Waals surface area contributed by atoms with Gasteiger partial charge in [0.15, 0.2) is 0 Å². The van der Waals surface area contributed by atoms with E-state index in [1.165, 1.54) is 7.11 Å². The van der Waals surface area contributed by atoms with Gasteiger partial charge in [0, 0.05) is 45.0 Å². The Hall–Kier alpha value is -2.39. The number of likely N-dealkylation sites (N-methyl/N-ethyl adjacent to an activating group) is 2. The average Bonchev–Trinajstić information content (AvgIpc) is 3.25.